The summed E-state index contributed by atoms with van der Waals surface area (Å²) in [6, 6.07) is 0. The molecule has 1 amide bonds. The van der Waals surface area contributed by atoms with Crippen molar-refractivity contribution in [3.63, 3.8) is 0 Å². The molecule has 0 atom stereocenters. The van der Waals surface area contributed by atoms with Crippen molar-refractivity contribution in [2.45, 2.75) is 25.7 Å². The van der Waals surface area contributed by atoms with E-state index in [1.54, 1.807) is 7.11 Å². The van der Waals surface area contributed by atoms with E-state index < -0.39 is 0 Å². The topological polar surface area (TPSA) is 59.6 Å². The van der Waals surface area contributed by atoms with Crippen molar-refractivity contribution in [2.75, 3.05) is 46.6 Å². The Bertz CT molecular complexity index is 224. The van der Waals surface area contributed by atoms with E-state index in [-0.39, 0.29) is 18.3 Å². The molecule has 0 bridgehead atoms. The van der Waals surface area contributed by atoms with Crippen LogP contribution in [0.4, 0.5) is 0 Å². The molecule has 0 spiro atoms. The molecule has 5 nitrogen and oxygen atoms in total. The van der Waals surface area contributed by atoms with Gasteiger partial charge in [0.2, 0.25) is 5.91 Å². The van der Waals surface area contributed by atoms with Gasteiger partial charge < -0.3 is 20.1 Å². The summed E-state index contributed by atoms with van der Waals surface area (Å²) in [5.41, 5.74) is 0. The zero-order chi connectivity index (χ0) is 13.1. The van der Waals surface area contributed by atoms with E-state index >= 15 is 0 Å². The zero-order valence-electron chi connectivity index (χ0n) is 11.8. The van der Waals surface area contributed by atoms with Crippen molar-refractivity contribution in [3.8, 4) is 0 Å². The molecule has 1 saturated heterocycles. The minimum Gasteiger partial charge on any atom is -0.383 e. The molecular formula is C13H27ClN2O3. The highest BCUT2D eigenvalue weighted by Crippen LogP contribution is 2.19. The second kappa shape index (κ2) is 12.7. The Morgan fingerprint density at radius 1 is 1.26 bits per heavy atom. The Morgan fingerprint density at radius 2 is 2.00 bits per heavy atom. The van der Waals surface area contributed by atoms with Crippen LogP contribution in [0.2, 0.25) is 0 Å². The van der Waals surface area contributed by atoms with Crippen LogP contribution < -0.4 is 10.6 Å². The second-order valence-corrected chi connectivity index (χ2v) is 4.69. The smallest absolute Gasteiger partial charge is 0.220 e. The molecule has 1 heterocycles. The number of carbonyl (C=O) groups is 1. The van der Waals surface area contributed by atoms with Gasteiger partial charge in [0, 0.05) is 46.4 Å². The van der Waals surface area contributed by atoms with Crippen LogP contribution in [-0.2, 0) is 14.3 Å². The number of amides is 1. The van der Waals surface area contributed by atoms with Gasteiger partial charge in [-0.25, -0.2) is 0 Å². The average Bonchev–Trinajstić information content (AvgIpc) is 2.41. The van der Waals surface area contributed by atoms with Crippen LogP contribution in [0, 0.1) is 5.92 Å². The molecule has 0 aromatic heterocycles. The predicted molar refractivity (Wildman–Crippen MR) is 77.8 cm³/mol. The third kappa shape index (κ3) is 10.1. The first kappa shape index (κ1) is 18.6. The molecular weight excluding hydrogens is 268 g/mol. The lowest BCUT2D eigenvalue weighted by Gasteiger charge is -2.21. The van der Waals surface area contributed by atoms with Crippen molar-refractivity contribution in [1.82, 2.24) is 10.6 Å². The molecule has 1 aliphatic heterocycles. The van der Waals surface area contributed by atoms with Crippen LogP contribution in [0.1, 0.15) is 25.7 Å². The fraction of sp³-hybridized carbons (Fsp3) is 0.923. The maximum atomic E-state index is 11.6. The first-order chi connectivity index (χ1) is 8.83. The van der Waals surface area contributed by atoms with Crippen molar-refractivity contribution >= 4 is 18.3 Å². The monoisotopic (exact) mass is 294 g/mol. The maximum Gasteiger partial charge on any atom is 0.220 e. The van der Waals surface area contributed by atoms with E-state index in [4.69, 9.17) is 9.47 Å². The molecule has 1 aliphatic rings. The first-order valence-electron chi connectivity index (χ1n) is 6.87. The van der Waals surface area contributed by atoms with Crippen molar-refractivity contribution < 1.29 is 14.3 Å². The summed E-state index contributed by atoms with van der Waals surface area (Å²) in [5, 5.41) is 6.12. The van der Waals surface area contributed by atoms with Crippen LogP contribution in [0.5, 0.6) is 0 Å². The third-order valence-electron chi connectivity index (χ3n) is 3.23. The second-order valence-electron chi connectivity index (χ2n) is 4.69. The first-order valence-corrected chi connectivity index (χ1v) is 6.87. The van der Waals surface area contributed by atoms with Gasteiger partial charge in [0.25, 0.3) is 0 Å². The summed E-state index contributed by atoms with van der Waals surface area (Å²) in [6.07, 6.45) is 3.84. The number of hydrogen-bond donors (Lipinski definition) is 2. The summed E-state index contributed by atoms with van der Waals surface area (Å²) in [6.45, 7) is 4.74. The Kier molecular flexibility index (Phi) is 12.4. The lowest BCUT2D eigenvalue weighted by atomic mass is 9.95. The van der Waals surface area contributed by atoms with Gasteiger partial charge in [-0.2, -0.15) is 0 Å². The van der Waals surface area contributed by atoms with Crippen molar-refractivity contribution in [3.05, 3.63) is 0 Å². The van der Waals surface area contributed by atoms with E-state index in [2.05, 4.69) is 10.6 Å². The number of halogens is 1. The Balaban J connectivity index is 0.00000324. The van der Waals surface area contributed by atoms with Crippen LogP contribution >= 0.6 is 12.4 Å². The van der Waals surface area contributed by atoms with E-state index in [9.17, 15) is 4.79 Å². The fourth-order valence-corrected chi connectivity index (χ4v) is 2.05. The highest BCUT2D eigenvalue weighted by atomic mass is 35.5. The molecule has 19 heavy (non-hydrogen) atoms. The number of carbonyl (C=O) groups excluding carboxylic acids is 1. The van der Waals surface area contributed by atoms with Gasteiger partial charge in [-0.3, -0.25) is 4.79 Å². The lowest BCUT2D eigenvalue weighted by Crippen LogP contribution is -2.33. The number of methoxy groups -OCH3 is 1. The molecule has 1 fully saturated rings. The Morgan fingerprint density at radius 3 is 2.68 bits per heavy atom. The summed E-state index contributed by atoms with van der Waals surface area (Å²) in [7, 11) is 1.68. The maximum absolute atomic E-state index is 11.6. The SMILES string of the molecule is COCCNCCNC(=O)CCC1CCOCC1.Cl. The summed E-state index contributed by atoms with van der Waals surface area (Å²) >= 11 is 0. The fourth-order valence-electron chi connectivity index (χ4n) is 2.05. The number of ether oxygens (including phenoxy) is 2. The molecule has 2 N–H and O–H groups in total. The molecule has 0 aromatic carbocycles. The summed E-state index contributed by atoms with van der Waals surface area (Å²) in [4.78, 5) is 11.6. The third-order valence-corrected chi connectivity index (χ3v) is 3.23. The van der Waals surface area contributed by atoms with Crippen molar-refractivity contribution in [2.24, 2.45) is 5.92 Å². The Hall–Kier alpha value is -0.360. The molecule has 0 aromatic rings. The van der Waals surface area contributed by atoms with Gasteiger partial charge in [-0.1, -0.05) is 0 Å². The van der Waals surface area contributed by atoms with E-state index in [1.165, 1.54) is 0 Å². The molecule has 0 saturated carbocycles. The van der Waals surface area contributed by atoms with Gasteiger partial charge in [-0.15, -0.1) is 12.4 Å². The lowest BCUT2D eigenvalue weighted by molar-refractivity contribution is -0.121. The molecule has 6 heteroatoms. The molecule has 114 valence electrons. The predicted octanol–water partition coefficient (Wildman–Crippen LogP) is 0.967. The minimum atomic E-state index is 0. The van der Waals surface area contributed by atoms with Gasteiger partial charge in [-0.05, 0) is 25.2 Å². The van der Waals surface area contributed by atoms with Gasteiger partial charge in [0.1, 0.15) is 0 Å². The number of hydrogen-bond acceptors (Lipinski definition) is 4. The summed E-state index contributed by atoms with van der Waals surface area (Å²) < 4.78 is 10.2. The van der Waals surface area contributed by atoms with Gasteiger partial charge >= 0.3 is 0 Å². The number of rotatable bonds is 9. The van der Waals surface area contributed by atoms with Gasteiger partial charge in [0.05, 0.1) is 6.61 Å². The average molecular weight is 295 g/mol. The van der Waals surface area contributed by atoms with E-state index in [0.717, 1.165) is 45.6 Å². The number of nitrogens with one attached hydrogen (secondary N) is 2. The van der Waals surface area contributed by atoms with Crippen molar-refractivity contribution in [1.29, 1.82) is 0 Å². The molecule has 0 radical (unpaired) electrons. The van der Waals surface area contributed by atoms with E-state index in [1.807, 2.05) is 0 Å². The van der Waals surface area contributed by atoms with Crippen LogP contribution in [0.15, 0.2) is 0 Å². The Labute approximate surface area is 122 Å². The largest absolute Gasteiger partial charge is 0.383 e. The quantitative estimate of drug-likeness (QED) is 0.622. The van der Waals surface area contributed by atoms with E-state index in [0.29, 0.717) is 25.5 Å². The van der Waals surface area contributed by atoms with Gasteiger partial charge in [0.15, 0.2) is 0 Å². The van der Waals surface area contributed by atoms with Crippen LogP contribution in [-0.4, -0.2) is 52.5 Å². The molecule has 0 aliphatic carbocycles. The zero-order valence-corrected chi connectivity index (χ0v) is 12.6. The normalized spacial score (nSPS) is 15.8. The molecule has 0 unspecified atom stereocenters. The van der Waals surface area contributed by atoms with Crippen LogP contribution in [0.3, 0.4) is 0 Å². The highest BCUT2D eigenvalue weighted by molar-refractivity contribution is 5.85. The standard InChI is InChI=1S/C13H26N2O3.ClH/c1-17-11-8-14-6-7-15-13(16)3-2-12-4-9-18-10-5-12;/h12,14H,2-11H2,1H3,(H,15,16);1H. The van der Waals surface area contributed by atoms with Crippen LogP contribution in [0.25, 0.3) is 0 Å². The summed E-state index contributed by atoms with van der Waals surface area (Å²) in [5.74, 6) is 0.833. The highest BCUT2D eigenvalue weighted by Gasteiger charge is 2.14. The molecule has 1 rings (SSSR count). The minimum absolute atomic E-state index is 0.